The van der Waals surface area contributed by atoms with E-state index in [1.807, 2.05) is 55.5 Å². The molecule has 1 N–H and O–H groups in total. The molecule has 2 amide bonds. The van der Waals surface area contributed by atoms with E-state index in [1.54, 1.807) is 4.90 Å². The minimum Gasteiger partial charge on any atom is -0.326 e. The van der Waals surface area contributed by atoms with E-state index >= 15 is 0 Å². The predicted octanol–water partition coefficient (Wildman–Crippen LogP) is 4.39. The Balaban J connectivity index is 1.45. The van der Waals surface area contributed by atoms with Crippen molar-refractivity contribution in [2.24, 2.45) is 5.92 Å². The SMILES string of the molecule is Cc1ccccc1N1C[C@@H](C(=O)Nc2ccc(-n3c(C)ccc3C)cc2)CC1=O. The molecule has 0 unspecified atom stereocenters. The number of aromatic nitrogens is 1. The summed E-state index contributed by atoms with van der Waals surface area (Å²) >= 11 is 0. The van der Waals surface area contributed by atoms with Gasteiger partial charge in [0.05, 0.1) is 5.92 Å². The molecule has 1 atom stereocenters. The molecular weight excluding hydrogens is 362 g/mol. The summed E-state index contributed by atoms with van der Waals surface area (Å²) in [6.07, 6.45) is 0.236. The number of nitrogens with zero attached hydrogens (tertiary/aromatic N) is 2. The van der Waals surface area contributed by atoms with Crippen LogP contribution in [0.15, 0.2) is 60.7 Å². The molecule has 2 aromatic carbocycles. The average molecular weight is 387 g/mol. The fourth-order valence-corrected chi connectivity index (χ4v) is 4.00. The normalized spacial score (nSPS) is 16.3. The Morgan fingerprint density at radius 3 is 2.24 bits per heavy atom. The maximum atomic E-state index is 12.7. The third kappa shape index (κ3) is 3.68. The molecule has 1 aliphatic rings. The standard InChI is InChI=1S/C24H25N3O2/c1-16-6-4-5-7-22(16)26-15-19(14-23(26)28)24(29)25-20-10-12-21(13-11-20)27-17(2)8-9-18(27)3/h4-13,19H,14-15H2,1-3H3,(H,25,29)/t19-/m0/s1. The smallest absolute Gasteiger partial charge is 0.229 e. The lowest BCUT2D eigenvalue weighted by molar-refractivity contribution is -0.122. The van der Waals surface area contributed by atoms with Gasteiger partial charge < -0.3 is 14.8 Å². The van der Waals surface area contributed by atoms with E-state index in [1.165, 1.54) is 11.4 Å². The van der Waals surface area contributed by atoms with Crippen LogP contribution < -0.4 is 10.2 Å². The summed E-state index contributed by atoms with van der Waals surface area (Å²) < 4.78 is 2.17. The van der Waals surface area contributed by atoms with Crippen LogP contribution in [-0.4, -0.2) is 22.9 Å². The molecule has 1 saturated heterocycles. The van der Waals surface area contributed by atoms with Crippen molar-refractivity contribution in [2.75, 3.05) is 16.8 Å². The zero-order valence-corrected chi connectivity index (χ0v) is 17.0. The second kappa shape index (κ2) is 7.59. The summed E-state index contributed by atoms with van der Waals surface area (Å²) in [5.74, 6) is -0.473. The Morgan fingerprint density at radius 2 is 1.59 bits per heavy atom. The van der Waals surface area contributed by atoms with Crippen LogP contribution in [0.3, 0.4) is 0 Å². The molecule has 0 spiro atoms. The van der Waals surface area contributed by atoms with Gasteiger partial charge in [-0.1, -0.05) is 18.2 Å². The Bertz CT molecular complexity index is 1050. The van der Waals surface area contributed by atoms with E-state index in [0.717, 1.165) is 22.6 Å². The van der Waals surface area contributed by atoms with Gasteiger partial charge in [-0.3, -0.25) is 9.59 Å². The number of para-hydroxylation sites is 1. The Hall–Kier alpha value is -3.34. The minimum absolute atomic E-state index is 0.00615. The fraction of sp³-hybridized carbons (Fsp3) is 0.250. The molecule has 0 radical (unpaired) electrons. The van der Waals surface area contributed by atoms with Crippen LogP contribution in [0.4, 0.5) is 11.4 Å². The van der Waals surface area contributed by atoms with Gasteiger partial charge in [-0.15, -0.1) is 0 Å². The molecule has 29 heavy (non-hydrogen) atoms. The van der Waals surface area contributed by atoms with Crippen LogP contribution in [-0.2, 0) is 9.59 Å². The highest BCUT2D eigenvalue weighted by Gasteiger charge is 2.35. The second-order valence-corrected chi connectivity index (χ2v) is 7.68. The summed E-state index contributed by atoms with van der Waals surface area (Å²) in [6.45, 7) is 6.53. The molecule has 0 aliphatic carbocycles. The highest BCUT2D eigenvalue weighted by Crippen LogP contribution is 2.28. The summed E-state index contributed by atoms with van der Waals surface area (Å²) in [6, 6.07) is 19.7. The predicted molar refractivity (Wildman–Crippen MR) is 116 cm³/mol. The molecule has 5 heteroatoms. The van der Waals surface area contributed by atoms with Crippen LogP contribution in [0.5, 0.6) is 0 Å². The molecule has 0 saturated carbocycles. The largest absolute Gasteiger partial charge is 0.326 e. The highest BCUT2D eigenvalue weighted by molar-refractivity contribution is 6.03. The van der Waals surface area contributed by atoms with Gasteiger partial charge in [-0.05, 0) is 68.8 Å². The molecule has 1 aliphatic heterocycles. The zero-order chi connectivity index (χ0) is 20.5. The lowest BCUT2D eigenvalue weighted by atomic mass is 10.1. The molecule has 1 fully saturated rings. The van der Waals surface area contributed by atoms with E-state index in [0.29, 0.717) is 6.54 Å². The summed E-state index contributed by atoms with van der Waals surface area (Å²) in [4.78, 5) is 26.9. The van der Waals surface area contributed by atoms with Crippen LogP contribution in [0.1, 0.15) is 23.4 Å². The number of carbonyl (C=O) groups is 2. The number of aryl methyl sites for hydroxylation is 3. The van der Waals surface area contributed by atoms with Gasteiger partial charge in [0.15, 0.2) is 0 Å². The van der Waals surface area contributed by atoms with E-state index in [2.05, 4.69) is 35.9 Å². The lowest BCUT2D eigenvalue weighted by Crippen LogP contribution is -2.28. The van der Waals surface area contributed by atoms with Crippen molar-refractivity contribution >= 4 is 23.2 Å². The molecular formula is C24H25N3O2. The second-order valence-electron chi connectivity index (χ2n) is 7.68. The average Bonchev–Trinajstić information content (AvgIpc) is 3.25. The summed E-state index contributed by atoms with van der Waals surface area (Å²) in [7, 11) is 0. The van der Waals surface area contributed by atoms with Gasteiger partial charge >= 0.3 is 0 Å². The third-order valence-corrected chi connectivity index (χ3v) is 5.57. The first-order valence-electron chi connectivity index (χ1n) is 9.86. The van der Waals surface area contributed by atoms with Crippen LogP contribution >= 0.6 is 0 Å². The molecule has 2 heterocycles. The minimum atomic E-state index is -0.351. The number of hydrogen-bond acceptors (Lipinski definition) is 2. The van der Waals surface area contributed by atoms with E-state index in [4.69, 9.17) is 0 Å². The number of benzene rings is 2. The number of anilines is 2. The van der Waals surface area contributed by atoms with E-state index in [-0.39, 0.29) is 24.2 Å². The third-order valence-electron chi connectivity index (χ3n) is 5.57. The highest BCUT2D eigenvalue weighted by atomic mass is 16.2. The number of hydrogen-bond donors (Lipinski definition) is 1. The van der Waals surface area contributed by atoms with E-state index in [9.17, 15) is 9.59 Å². The monoisotopic (exact) mass is 387 g/mol. The quantitative estimate of drug-likeness (QED) is 0.722. The Labute approximate surface area is 171 Å². The summed E-state index contributed by atoms with van der Waals surface area (Å²) in [5, 5.41) is 2.97. The molecule has 0 bridgehead atoms. The van der Waals surface area contributed by atoms with Gasteiger partial charge in [0.1, 0.15) is 0 Å². The van der Waals surface area contributed by atoms with Crippen molar-refractivity contribution in [3.05, 3.63) is 77.6 Å². The van der Waals surface area contributed by atoms with Gasteiger partial charge in [0.25, 0.3) is 0 Å². The van der Waals surface area contributed by atoms with Crippen LogP contribution in [0.25, 0.3) is 5.69 Å². The van der Waals surface area contributed by atoms with Crippen molar-refractivity contribution in [1.82, 2.24) is 4.57 Å². The maximum absolute atomic E-state index is 12.7. The van der Waals surface area contributed by atoms with Crippen molar-refractivity contribution in [3.63, 3.8) is 0 Å². The number of rotatable bonds is 4. The Morgan fingerprint density at radius 1 is 0.931 bits per heavy atom. The number of amides is 2. The maximum Gasteiger partial charge on any atom is 0.229 e. The Kier molecular flexibility index (Phi) is 4.97. The van der Waals surface area contributed by atoms with Gasteiger partial charge in [0.2, 0.25) is 11.8 Å². The van der Waals surface area contributed by atoms with Crippen molar-refractivity contribution in [3.8, 4) is 5.69 Å². The van der Waals surface area contributed by atoms with Gasteiger partial charge in [-0.2, -0.15) is 0 Å². The first-order chi connectivity index (χ1) is 13.9. The zero-order valence-electron chi connectivity index (χ0n) is 17.0. The number of nitrogens with one attached hydrogen (secondary N) is 1. The fourth-order valence-electron chi connectivity index (χ4n) is 4.00. The molecule has 148 valence electrons. The van der Waals surface area contributed by atoms with Crippen molar-refractivity contribution in [1.29, 1.82) is 0 Å². The lowest BCUT2D eigenvalue weighted by Gasteiger charge is -2.19. The molecule has 1 aromatic heterocycles. The molecule has 3 aromatic rings. The number of carbonyl (C=O) groups excluding carboxylic acids is 2. The van der Waals surface area contributed by atoms with E-state index < -0.39 is 0 Å². The summed E-state index contributed by atoms with van der Waals surface area (Å²) in [5.41, 5.74) is 6.05. The van der Waals surface area contributed by atoms with Crippen molar-refractivity contribution in [2.45, 2.75) is 27.2 Å². The molecule has 5 nitrogen and oxygen atoms in total. The molecule has 4 rings (SSSR count). The van der Waals surface area contributed by atoms with Gasteiger partial charge in [0, 0.05) is 41.4 Å². The van der Waals surface area contributed by atoms with Gasteiger partial charge in [-0.25, -0.2) is 0 Å². The first-order valence-corrected chi connectivity index (χ1v) is 9.86. The first kappa shape index (κ1) is 19.0. The van der Waals surface area contributed by atoms with Crippen LogP contribution in [0, 0.1) is 26.7 Å². The van der Waals surface area contributed by atoms with Crippen molar-refractivity contribution < 1.29 is 9.59 Å². The van der Waals surface area contributed by atoms with Crippen LogP contribution in [0.2, 0.25) is 0 Å². The topological polar surface area (TPSA) is 54.3 Å².